The zero-order chi connectivity index (χ0) is 20.2. The monoisotopic (exact) mass is 385 g/mol. The molecule has 1 aliphatic rings. The Hall–Kier alpha value is -3.44. The van der Waals surface area contributed by atoms with Crippen LogP contribution < -0.4 is 15.5 Å². The molecule has 1 atom stereocenters. The van der Waals surface area contributed by atoms with Crippen molar-refractivity contribution in [2.24, 2.45) is 0 Å². The fraction of sp³-hybridized carbons (Fsp3) is 0.167. The number of carbonyl (C=O) groups excluding carboxylic acids is 2. The third-order valence-electron chi connectivity index (χ3n) is 5.07. The van der Waals surface area contributed by atoms with Crippen molar-refractivity contribution in [3.8, 4) is 0 Å². The van der Waals surface area contributed by atoms with Crippen LogP contribution in [0.5, 0.6) is 0 Å². The van der Waals surface area contributed by atoms with Crippen LogP contribution in [0.4, 0.5) is 11.4 Å². The van der Waals surface area contributed by atoms with Crippen LogP contribution in [-0.2, 0) is 9.59 Å². The number of hydrogen-bond acceptors (Lipinski definition) is 3. The van der Waals surface area contributed by atoms with Crippen LogP contribution in [0, 0.1) is 6.92 Å². The van der Waals surface area contributed by atoms with Crippen molar-refractivity contribution < 1.29 is 9.59 Å². The number of benzene rings is 3. The molecule has 3 aromatic rings. The van der Waals surface area contributed by atoms with Gasteiger partial charge in [0.2, 0.25) is 11.8 Å². The molecule has 5 heteroatoms. The molecule has 4 rings (SSSR count). The molecule has 0 aliphatic carbocycles. The van der Waals surface area contributed by atoms with Gasteiger partial charge in [-0.25, -0.2) is 0 Å². The minimum Gasteiger partial charge on any atom is -0.323 e. The van der Waals surface area contributed by atoms with Crippen LogP contribution in [0.3, 0.4) is 0 Å². The number of nitrogens with one attached hydrogen (secondary N) is 2. The van der Waals surface area contributed by atoms with Gasteiger partial charge in [0.05, 0.1) is 24.0 Å². The quantitative estimate of drug-likeness (QED) is 0.705. The smallest absolute Gasteiger partial charge is 0.244 e. The van der Waals surface area contributed by atoms with E-state index in [1.807, 2.05) is 48.5 Å². The summed E-state index contributed by atoms with van der Waals surface area (Å²) in [5.74, 6) is -0.324. The van der Waals surface area contributed by atoms with Gasteiger partial charge in [-0.1, -0.05) is 72.3 Å². The third-order valence-corrected chi connectivity index (χ3v) is 5.07. The van der Waals surface area contributed by atoms with E-state index >= 15 is 0 Å². The second-order valence-electron chi connectivity index (χ2n) is 7.18. The summed E-state index contributed by atoms with van der Waals surface area (Å²) in [7, 11) is 0. The predicted octanol–water partition coefficient (Wildman–Crippen LogP) is 3.66. The summed E-state index contributed by atoms with van der Waals surface area (Å²) in [6, 6.07) is 25.6. The summed E-state index contributed by atoms with van der Waals surface area (Å²) < 4.78 is 0. The van der Waals surface area contributed by atoms with E-state index in [0.29, 0.717) is 5.69 Å². The molecule has 0 bridgehead atoms. The first kappa shape index (κ1) is 18.9. The van der Waals surface area contributed by atoms with Gasteiger partial charge in [-0.2, -0.15) is 0 Å². The van der Waals surface area contributed by atoms with E-state index in [1.54, 1.807) is 11.0 Å². The van der Waals surface area contributed by atoms with Gasteiger partial charge >= 0.3 is 0 Å². The van der Waals surface area contributed by atoms with Gasteiger partial charge in [0.25, 0.3) is 0 Å². The van der Waals surface area contributed by atoms with Crippen molar-refractivity contribution in [2.75, 3.05) is 23.3 Å². The van der Waals surface area contributed by atoms with E-state index in [4.69, 9.17) is 0 Å². The number of rotatable bonds is 5. The van der Waals surface area contributed by atoms with Crippen molar-refractivity contribution in [3.05, 3.63) is 95.6 Å². The molecule has 29 heavy (non-hydrogen) atoms. The Morgan fingerprint density at radius 2 is 1.62 bits per heavy atom. The van der Waals surface area contributed by atoms with Crippen LogP contribution >= 0.6 is 0 Å². The lowest BCUT2D eigenvalue weighted by Gasteiger charge is -2.30. The van der Waals surface area contributed by atoms with Crippen LogP contribution in [-0.4, -0.2) is 24.9 Å². The lowest BCUT2D eigenvalue weighted by atomic mass is 9.98. The molecule has 0 spiro atoms. The third kappa shape index (κ3) is 4.20. The second kappa shape index (κ2) is 8.29. The van der Waals surface area contributed by atoms with Gasteiger partial charge in [-0.3, -0.25) is 19.8 Å². The molecule has 5 nitrogen and oxygen atoms in total. The zero-order valence-corrected chi connectivity index (χ0v) is 16.3. The summed E-state index contributed by atoms with van der Waals surface area (Å²) in [5, 5.41) is 6.20. The number of hydrogen-bond donors (Lipinski definition) is 2. The number of anilines is 2. The van der Waals surface area contributed by atoms with E-state index in [0.717, 1.165) is 16.8 Å². The van der Waals surface area contributed by atoms with Gasteiger partial charge in [0.1, 0.15) is 6.54 Å². The van der Waals surface area contributed by atoms with Gasteiger partial charge in [0, 0.05) is 0 Å². The molecule has 2 N–H and O–H groups in total. The summed E-state index contributed by atoms with van der Waals surface area (Å²) in [5.41, 5.74) is 4.75. The SMILES string of the molecule is Cc1ccc([C@@H](NCC(=O)N2CC(=O)Nc3ccccc32)c2ccccc2)cc1. The Balaban J connectivity index is 1.56. The normalized spacial score (nSPS) is 14.1. The van der Waals surface area contributed by atoms with Crippen LogP contribution in [0.15, 0.2) is 78.9 Å². The zero-order valence-electron chi connectivity index (χ0n) is 16.3. The number of amides is 2. The standard InChI is InChI=1S/C24H23N3O2/c1-17-11-13-19(14-12-17)24(18-7-3-2-4-8-18)25-15-23(29)27-16-22(28)26-20-9-5-6-10-21(20)27/h2-14,24-25H,15-16H2,1H3,(H,26,28)/t24-/m0/s1. The molecule has 3 aromatic carbocycles. The number of para-hydroxylation sites is 2. The summed E-state index contributed by atoms with van der Waals surface area (Å²) >= 11 is 0. The molecule has 1 aliphatic heterocycles. The van der Waals surface area contributed by atoms with Gasteiger partial charge in [-0.15, -0.1) is 0 Å². The fourth-order valence-corrected chi connectivity index (χ4v) is 3.57. The minimum absolute atomic E-state index is 0.0259. The Morgan fingerprint density at radius 3 is 2.38 bits per heavy atom. The topological polar surface area (TPSA) is 61.4 Å². The maximum Gasteiger partial charge on any atom is 0.244 e. The summed E-state index contributed by atoms with van der Waals surface area (Å²) in [6.45, 7) is 2.20. The Kier molecular flexibility index (Phi) is 5.40. The number of carbonyl (C=O) groups is 2. The van der Waals surface area contributed by atoms with E-state index in [-0.39, 0.29) is 30.9 Å². The van der Waals surface area contributed by atoms with Gasteiger partial charge in [-0.05, 0) is 30.2 Å². The second-order valence-corrected chi connectivity index (χ2v) is 7.18. The molecule has 0 radical (unpaired) electrons. The van der Waals surface area contributed by atoms with Gasteiger partial charge in [0.15, 0.2) is 0 Å². The molecule has 1 heterocycles. The average Bonchev–Trinajstić information content (AvgIpc) is 2.75. The van der Waals surface area contributed by atoms with E-state index in [1.165, 1.54) is 5.56 Å². The molecular weight excluding hydrogens is 362 g/mol. The highest BCUT2D eigenvalue weighted by Gasteiger charge is 2.27. The maximum atomic E-state index is 13.0. The number of aryl methyl sites for hydroxylation is 1. The molecule has 0 fully saturated rings. The lowest BCUT2D eigenvalue weighted by Crippen LogP contribution is -2.46. The largest absolute Gasteiger partial charge is 0.323 e. The van der Waals surface area contributed by atoms with E-state index in [2.05, 4.69) is 41.8 Å². The first-order chi connectivity index (χ1) is 14.1. The number of nitrogens with zero attached hydrogens (tertiary/aromatic N) is 1. The highest BCUT2D eigenvalue weighted by Crippen LogP contribution is 2.29. The molecule has 0 saturated heterocycles. The van der Waals surface area contributed by atoms with Crippen molar-refractivity contribution in [1.29, 1.82) is 0 Å². The first-order valence-corrected chi connectivity index (χ1v) is 9.66. The molecule has 0 unspecified atom stereocenters. The van der Waals surface area contributed by atoms with Crippen LogP contribution in [0.2, 0.25) is 0 Å². The Labute approximate surface area is 170 Å². The van der Waals surface area contributed by atoms with Crippen molar-refractivity contribution in [3.63, 3.8) is 0 Å². The molecule has 0 saturated carbocycles. The molecule has 0 aromatic heterocycles. The average molecular weight is 385 g/mol. The predicted molar refractivity (Wildman–Crippen MR) is 115 cm³/mol. The highest BCUT2D eigenvalue weighted by atomic mass is 16.2. The van der Waals surface area contributed by atoms with Gasteiger partial charge < -0.3 is 5.32 Å². The fourth-order valence-electron chi connectivity index (χ4n) is 3.57. The molecular formula is C24H23N3O2. The Morgan fingerprint density at radius 1 is 0.966 bits per heavy atom. The van der Waals surface area contributed by atoms with Crippen molar-refractivity contribution >= 4 is 23.2 Å². The molecule has 2 amide bonds. The lowest BCUT2D eigenvalue weighted by molar-refractivity contribution is -0.121. The molecule has 146 valence electrons. The van der Waals surface area contributed by atoms with E-state index < -0.39 is 0 Å². The first-order valence-electron chi connectivity index (χ1n) is 9.66. The highest BCUT2D eigenvalue weighted by molar-refractivity contribution is 6.10. The van der Waals surface area contributed by atoms with E-state index in [9.17, 15) is 9.59 Å². The van der Waals surface area contributed by atoms with Crippen molar-refractivity contribution in [2.45, 2.75) is 13.0 Å². The summed E-state index contributed by atoms with van der Waals surface area (Å²) in [4.78, 5) is 26.6. The van der Waals surface area contributed by atoms with Crippen LogP contribution in [0.1, 0.15) is 22.7 Å². The van der Waals surface area contributed by atoms with Crippen LogP contribution in [0.25, 0.3) is 0 Å². The summed E-state index contributed by atoms with van der Waals surface area (Å²) in [6.07, 6.45) is 0. The number of fused-ring (bicyclic) bond motifs is 1. The maximum absolute atomic E-state index is 13.0. The Bertz CT molecular complexity index is 1020. The van der Waals surface area contributed by atoms with Crippen molar-refractivity contribution in [1.82, 2.24) is 5.32 Å². The minimum atomic E-state index is -0.185.